The van der Waals surface area contributed by atoms with E-state index in [1.54, 1.807) is 0 Å². The predicted molar refractivity (Wildman–Crippen MR) is 66.6 cm³/mol. The van der Waals surface area contributed by atoms with Gasteiger partial charge < -0.3 is 0 Å². The lowest BCUT2D eigenvalue weighted by atomic mass is 10.3. The van der Waals surface area contributed by atoms with Crippen LogP contribution in [-0.2, 0) is 0 Å². The summed E-state index contributed by atoms with van der Waals surface area (Å²) < 4.78 is 27.7. The Morgan fingerprint density at radius 2 is 1.68 bits per heavy atom. The Bertz CT molecular complexity index is 767. The normalized spacial score (nSPS) is 11.2. The smallest absolute Gasteiger partial charge is 0.214 e. The van der Waals surface area contributed by atoms with Crippen molar-refractivity contribution >= 4 is 34.2 Å². The maximum atomic E-state index is 13.2. The Labute approximate surface area is 115 Å². The lowest BCUT2D eigenvalue weighted by molar-refractivity contribution is 0.580. The molecule has 4 nitrogen and oxygen atoms in total. The maximum Gasteiger partial charge on any atom is 0.225 e. The Balaban J connectivity index is 2.31. The van der Waals surface area contributed by atoms with Gasteiger partial charge in [0, 0.05) is 6.07 Å². The highest BCUT2D eigenvalue weighted by atomic mass is 35.5. The van der Waals surface area contributed by atoms with Crippen LogP contribution >= 0.6 is 23.2 Å². The van der Waals surface area contributed by atoms with E-state index in [1.165, 1.54) is 10.9 Å². The molecular formula is C11H4Cl2F2N4. The van der Waals surface area contributed by atoms with Gasteiger partial charge in [-0.2, -0.15) is 10.1 Å². The summed E-state index contributed by atoms with van der Waals surface area (Å²) in [4.78, 5) is 7.72. The number of halogens is 4. The van der Waals surface area contributed by atoms with E-state index in [9.17, 15) is 8.78 Å². The molecule has 0 N–H and O–H groups in total. The van der Waals surface area contributed by atoms with Crippen molar-refractivity contribution in [3.63, 3.8) is 0 Å². The van der Waals surface area contributed by atoms with Crippen molar-refractivity contribution in [3.8, 4) is 5.69 Å². The van der Waals surface area contributed by atoms with E-state index in [2.05, 4.69) is 15.1 Å². The minimum absolute atomic E-state index is 0.0730. The molecule has 3 rings (SSSR count). The molecule has 2 aromatic heterocycles. The van der Waals surface area contributed by atoms with Crippen LogP contribution in [0, 0.1) is 11.6 Å². The van der Waals surface area contributed by atoms with Gasteiger partial charge in [0.05, 0.1) is 17.3 Å². The summed E-state index contributed by atoms with van der Waals surface area (Å²) in [6, 6.07) is 3.02. The van der Waals surface area contributed by atoms with Gasteiger partial charge in [-0.05, 0) is 23.7 Å². The topological polar surface area (TPSA) is 43.6 Å². The Hall–Kier alpha value is -1.79. The highest BCUT2D eigenvalue weighted by Crippen LogP contribution is 2.24. The fourth-order valence-corrected chi connectivity index (χ4v) is 2.12. The fourth-order valence-electron chi connectivity index (χ4n) is 1.70. The summed E-state index contributed by atoms with van der Waals surface area (Å²) in [6.07, 6.45) is 1.40. The van der Waals surface area contributed by atoms with Crippen LogP contribution in [0.2, 0.25) is 10.4 Å². The zero-order valence-corrected chi connectivity index (χ0v) is 10.6. The molecule has 0 unspecified atom stereocenters. The lowest BCUT2D eigenvalue weighted by Gasteiger charge is -2.03. The molecular weight excluding hydrogens is 297 g/mol. The van der Waals surface area contributed by atoms with Crippen LogP contribution in [0.4, 0.5) is 8.78 Å². The molecule has 96 valence electrons. The van der Waals surface area contributed by atoms with Crippen LogP contribution in [0.25, 0.3) is 16.7 Å². The number of benzene rings is 1. The van der Waals surface area contributed by atoms with Gasteiger partial charge >= 0.3 is 0 Å². The van der Waals surface area contributed by atoms with E-state index >= 15 is 0 Å². The average Bonchev–Trinajstić information content (AvgIpc) is 2.71. The highest BCUT2D eigenvalue weighted by Gasteiger charge is 2.13. The van der Waals surface area contributed by atoms with Gasteiger partial charge in [-0.15, -0.1) is 0 Å². The third-order valence-electron chi connectivity index (χ3n) is 2.45. The first kappa shape index (κ1) is 12.3. The quantitative estimate of drug-likeness (QED) is 0.511. The molecule has 0 fully saturated rings. The molecule has 0 saturated carbocycles. The Morgan fingerprint density at radius 3 is 2.37 bits per heavy atom. The number of rotatable bonds is 1. The molecule has 0 aliphatic carbocycles. The van der Waals surface area contributed by atoms with Gasteiger partial charge in [-0.1, -0.05) is 11.6 Å². The summed E-state index contributed by atoms with van der Waals surface area (Å²) >= 11 is 11.6. The largest absolute Gasteiger partial charge is 0.225 e. The van der Waals surface area contributed by atoms with Crippen molar-refractivity contribution in [2.75, 3.05) is 0 Å². The number of hydrogen-bond acceptors (Lipinski definition) is 3. The molecule has 0 amide bonds. The summed E-state index contributed by atoms with van der Waals surface area (Å²) in [5, 5.41) is 4.48. The first-order chi connectivity index (χ1) is 9.04. The summed E-state index contributed by atoms with van der Waals surface area (Å²) in [5.41, 5.74) is 0.452. The molecule has 0 atom stereocenters. The van der Waals surface area contributed by atoms with Crippen molar-refractivity contribution < 1.29 is 8.78 Å². The summed E-state index contributed by atoms with van der Waals surface area (Å²) in [6.45, 7) is 0. The summed E-state index contributed by atoms with van der Waals surface area (Å²) in [5.74, 6) is -1.44. The third kappa shape index (κ3) is 2.13. The second-order valence-corrected chi connectivity index (χ2v) is 4.40. The predicted octanol–water partition coefficient (Wildman–Crippen LogP) is 3.40. The molecule has 0 bridgehead atoms. The molecule has 0 aliphatic rings. The molecule has 0 radical (unpaired) electrons. The van der Waals surface area contributed by atoms with Crippen molar-refractivity contribution in [3.05, 3.63) is 46.5 Å². The number of aromatic nitrogens is 4. The molecule has 8 heteroatoms. The maximum absolute atomic E-state index is 13.2. The zero-order valence-electron chi connectivity index (χ0n) is 9.11. The van der Waals surface area contributed by atoms with Crippen molar-refractivity contribution in [2.24, 2.45) is 0 Å². The number of fused-ring (bicyclic) bond motifs is 1. The highest BCUT2D eigenvalue weighted by molar-refractivity contribution is 6.35. The van der Waals surface area contributed by atoms with Crippen LogP contribution in [0.15, 0.2) is 24.4 Å². The van der Waals surface area contributed by atoms with Crippen LogP contribution in [0.1, 0.15) is 0 Å². The van der Waals surface area contributed by atoms with Gasteiger partial charge in [0.2, 0.25) is 5.28 Å². The van der Waals surface area contributed by atoms with Crippen LogP contribution in [0.5, 0.6) is 0 Å². The van der Waals surface area contributed by atoms with Gasteiger partial charge in [-0.3, -0.25) is 0 Å². The molecule has 1 aromatic carbocycles. The Morgan fingerprint density at radius 1 is 1.00 bits per heavy atom. The standard InChI is InChI=1S/C11H4Cl2F2N4/c12-9-8-4-16-19(10(8)18-11(13)17-9)7-2-5(14)1-6(15)3-7/h1-4H. The first-order valence-electron chi connectivity index (χ1n) is 5.08. The van der Waals surface area contributed by atoms with E-state index in [0.717, 1.165) is 18.2 Å². The van der Waals surface area contributed by atoms with Gasteiger partial charge in [0.25, 0.3) is 0 Å². The summed E-state index contributed by atoms with van der Waals surface area (Å²) in [7, 11) is 0. The van der Waals surface area contributed by atoms with Crippen LogP contribution in [0.3, 0.4) is 0 Å². The second kappa shape index (κ2) is 4.40. The van der Waals surface area contributed by atoms with Crippen LogP contribution < -0.4 is 0 Å². The number of nitrogens with zero attached hydrogens (tertiary/aromatic N) is 4. The molecule has 0 saturated heterocycles. The minimum atomic E-state index is -0.718. The van der Waals surface area contributed by atoms with Crippen molar-refractivity contribution in [2.45, 2.75) is 0 Å². The number of hydrogen-bond donors (Lipinski definition) is 0. The monoisotopic (exact) mass is 300 g/mol. The van der Waals surface area contributed by atoms with E-state index in [4.69, 9.17) is 23.2 Å². The van der Waals surface area contributed by atoms with Crippen molar-refractivity contribution in [1.29, 1.82) is 0 Å². The fraction of sp³-hybridized carbons (Fsp3) is 0. The molecule has 0 spiro atoms. The van der Waals surface area contributed by atoms with E-state index in [0.29, 0.717) is 5.39 Å². The third-order valence-corrected chi connectivity index (χ3v) is 2.90. The molecule has 2 heterocycles. The second-order valence-electron chi connectivity index (χ2n) is 3.70. The van der Waals surface area contributed by atoms with Gasteiger partial charge in [0.15, 0.2) is 5.65 Å². The van der Waals surface area contributed by atoms with Crippen LogP contribution in [-0.4, -0.2) is 19.7 Å². The van der Waals surface area contributed by atoms with Crippen molar-refractivity contribution in [1.82, 2.24) is 19.7 Å². The average molecular weight is 301 g/mol. The minimum Gasteiger partial charge on any atom is -0.214 e. The van der Waals surface area contributed by atoms with Gasteiger partial charge in [0.1, 0.15) is 16.8 Å². The van der Waals surface area contributed by atoms with E-state index < -0.39 is 11.6 Å². The molecule has 3 aromatic rings. The first-order valence-corrected chi connectivity index (χ1v) is 5.83. The Kier molecular flexibility index (Phi) is 2.83. The zero-order chi connectivity index (χ0) is 13.6. The van der Waals surface area contributed by atoms with E-state index in [1.807, 2.05) is 0 Å². The lowest BCUT2D eigenvalue weighted by Crippen LogP contribution is -2.00. The molecule has 19 heavy (non-hydrogen) atoms. The van der Waals surface area contributed by atoms with Gasteiger partial charge in [-0.25, -0.2) is 18.4 Å². The SMILES string of the molecule is Fc1cc(F)cc(-n2ncc3c(Cl)nc(Cl)nc32)c1. The molecule has 0 aliphatic heterocycles. The van der Waals surface area contributed by atoms with E-state index in [-0.39, 0.29) is 21.8 Å².